The van der Waals surface area contributed by atoms with Crippen molar-refractivity contribution in [3.8, 4) is 0 Å². The lowest BCUT2D eigenvalue weighted by molar-refractivity contribution is -0.130. The van der Waals surface area contributed by atoms with E-state index in [9.17, 15) is 4.79 Å². The van der Waals surface area contributed by atoms with E-state index in [1.54, 1.807) is 7.11 Å². The van der Waals surface area contributed by atoms with Gasteiger partial charge < -0.3 is 15.8 Å². The molecule has 0 aromatic carbocycles. The highest BCUT2D eigenvalue weighted by Crippen LogP contribution is 2.37. The Labute approximate surface area is 91.5 Å². The molecule has 1 amide bonds. The lowest BCUT2D eigenvalue weighted by atomic mass is 9.85. The second-order valence-corrected chi connectivity index (χ2v) is 4.29. The molecule has 0 aliphatic heterocycles. The summed E-state index contributed by atoms with van der Waals surface area (Å²) < 4.78 is 4.92. The van der Waals surface area contributed by atoms with Crippen LogP contribution in [0, 0.1) is 5.41 Å². The SMILES string of the molecule is COCCCNC(=O)C1(CN)CCCC1. The van der Waals surface area contributed by atoms with Crippen molar-refractivity contribution in [2.45, 2.75) is 32.1 Å². The number of amides is 1. The van der Waals surface area contributed by atoms with Crippen molar-refractivity contribution < 1.29 is 9.53 Å². The smallest absolute Gasteiger partial charge is 0.227 e. The summed E-state index contributed by atoms with van der Waals surface area (Å²) in [6.45, 7) is 1.85. The molecule has 0 aromatic heterocycles. The van der Waals surface area contributed by atoms with Crippen LogP contribution < -0.4 is 11.1 Å². The van der Waals surface area contributed by atoms with Gasteiger partial charge in [0.2, 0.25) is 5.91 Å². The number of nitrogens with one attached hydrogen (secondary N) is 1. The van der Waals surface area contributed by atoms with E-state index in [2.05, 4.69) is 5.32 Å². The van der Waals surface area contributed by atoms with E-state index < -0.39 is 0 Å². The van der Waals surface area contributed by atoms with E-state index >= 15 is 0 Å². The molecule has 88 valence electrons. The molecule has 1 fully saturated rings. The number of carbonyl (C=O) groups excluding carboxylic acids is 1. The molecular formula is C11H22N2O2. The van der Waals surface area contributed by atoms with Gasteiger partial charge in [0.05, 0.1) is 5.41 Å². The van der Waals surface area contributed by atoms with Crippen LogP contribution in [0.25, 0.3) is 0 Å². The summed E-state index contributed by atoms with van der Waals surface area (Å²) in [6.07, 6.45) is 5.01. The lowest BCUT2D eigenvalue weighted by Crippen LogP contribution is -2.44. The maximum atomic E-state index is 11.9. The third-order valence-electron chi connectivity index (χ3n) is 3.24. The molecular weight excluding hydrogens is 192 g/mol. The maximum absolute atomic E-state index is 11.9. The number of methoxy groups -OCH3 is 1. The molecule has 0 saturated heterocycles. The van der Waals surface area contributed by atoms with Crippen molar-refractivity contribution in [1.82, 2.24) is 5.32 Å². The van der Waals surface area contributed by atoms with E-state index in [4.69, 9.17) is 10.5 Å². The predicted octanol–water partition coefficient (Wildman–Crippen LogP) is 0.658. The Morgan fingerprint density at radius 2 is 2.13 bits per heavy atom. The molecule has 3 N–H and O–H groups in total. The zero-order chi connectivity index (χ0) is 11.1. The average Bonchev–Trinajstić information content (AvgIpc) is 2.74. The number of hydrogen-bond acceptors (Lipinski definition) is 3. The molecule has 0 unspecified atom stereocenters. The third-order valence-corrected chi connectivity index (χ3v) is 3.24. The van der Waals surface area contributed by atoms with Crippen molar-refractivity contribution in [2.24, 2.45) is 11.1 Å². The fourth-order valence-electron chi connectivity index (χ4n) is 2.18. The molecule has 15 heavy (non-hydrogen) atoms. The zero-order valence-electron chi connectivity index (χ0n) is 9.55. The van der Waals surface area contributed by atoms with Crippen LogP contribution in [0.3, 0.4) is 0 Å². The molecule has 0 atom stereocenters. The minimum atomic E-state index is -0.271. The predicted molar refractivity (Wildman–Crippen MR) is 59.5 cm³/mol. The first-order valence-corrected chi connectivity index (χ1v) is 5.72. The van der Waals surface area contributed by atoms with Crippen LogP contribution in [0.4, 0.5) is 0 Å². The summed E-state index contributed by atoms with van der Waals surface area (Å²) in [4.78, 5) is 11.9. The van der Waals surface area contributed by atoms with Gasteiger partial charge in [-0.2, -0.15) is 0 Å². The summed E-state index contributed by atoms with van der Waals surface area (Å²) in [6, 6.07) is 0. The van der Waals surface area contributed by atoms with Crippen molar-refractivity contribution >= 4 is 5.91 Å². The van der Waals surface area contributed by atoms with E-state index in [1.165, 1.54) is 0 Å². The summed E-state index contributed by atoms with van der Waals surface area (Å²) in [7, 11) is 1.67. The molecule has 0 radical (unpaired) electrons. The number of rotatable bonds is 6. The van der Waals surface area contributed by atoms with E-state index in [-0.39, 0.29) is 11.3 Å². The number of carbonyl (C=O) groups is 1. The Bertz CT molecular complexity index is 201. The highest BCUT2D eigenvalue weighted by molar-refractivity contribution is 5.83. The van der Waals surface area contributed by atoms with Gasteiger partial charge in [-0.15, -0.1) is 0 Å². The topological polar surface area (TPSA) is 64.3 Å². The normalized spacial score (nSPS) is 19.1. The van der Waals surface area contributed by atoms with Gasteiger partial charge in [-0.3, -0.25) is 4.79 Å². The van der Waals surface area contributed by atoms with Gasteiger partial charge in [0, 0.05) is 26.8 Å². The van der Waals surface area contributed by atoms with Crippen LogP contribution >= 0.6 is 0 Å². The summed E-state index contributed by atoms with van der Waals surface area (Å²) >= 11 is 0. The summed E-state index contributed by atoms with van der Waals surface area (Å²) in [5, 5.41) is 2.95. The molecule has 1 aliphatic rings. The van der Waals surface area contributed by atoms with Crippen LogP contribution in [0.15, 0.2) is 0 Å². The van der Waals surface area contributed by atoms with Crippen LogP contribution in [0.2, 0.25) is 0 Å². The van der Waals surface area contributed by atoms with E-state index in [1.807, 2.05) is 0 Å². The molecule has 1 rings (SSSR count). The van der Waals surface area contributed by atoms with Crippen LogP contribution in [-0.4, -0.2) is 32.7 Å². The second-order valence-electron chi connectivity index (χ2n) is 4.29. The number of nitrogens with two attached hydrogens (primary N) is 1. The number of ether oxygens (including phenoxy) is 1. The van der Waals surface area contributed by atoms with Crippen LogP contribution in [0.1, 0.15) is 32.1 Å². The molecule has 0 bridgehead atoms. The van der Waals surface area contributed by atoms with Crippen molar-refractivity contribution in [2.75, 3.05) is 26.8 Å². The Kier molecular flexibility index (Phi) is 5.05. The summed E-state index contributed by atoms with van der Waals surface area (Å²) in [5.74, 6) is 0.138. The minimum absolute atomic E-state index is 0.138. The molecule has 1 saturated carbocycles. The largest absolute Gasteiger partial charge is 0.385 e. The van der Waals surface area contributed by atoms with Gasteiger partial charge in [-0.05, 0) is 19.3 Å². The van der Waals surface area contributed by atoms with Gasteiger partial charge >= 0.3 is 0 Å². The first kappa shape index (κ1) is 12.5. The first-order valence-electron chi connectivity index (χ1n) is 5.72. The molecule has 4 heteroatoms. The Hall–Kier alpha value is -0.610. The molecule has 0 spiro atoms. The highest BCUT2D eigenvalue weighted by Gasteiger charge is 2.39. The maximum Gasteiger partial charge on any atom is 0.227 e. The van der Waals surface area contributed by atoms with E-state index in [0.717, 1.165) is 32.1 Å². The van der Waals surface area contributed by atoms with E-state index in [0.29, 0.717) is 19.7 Å². The molecule has 0 heterocycles. The Morgan fingerprint density at radius 1 is 1.47 bits per heavy atom. The standard InChI is InChI=1S/C11H22N2O2/c1-15-8-4-7-13-10(14)11(9-12)5-2-3-6-11/h2-9,12H2,1H3,(H,13,14). The summed E-state index contributed by atoms with van der Waals surface area (Å²) in [5.41, 5.74) is 5.44. The van der Waals surface area contributed by atoms with Gasteiger partial charge in [0.15, 0.2) is 0 Å². The lowest BCUT2D eigenvalue weighted by Gasteiger charge is -2.25. The highest BCUT2D eigenvalue weighted by atomic mass is 16.5. The van der Waals surface area contributed by atoms with Gasteiger partial charge in [0.1, 0.15) is 0 Å². The Morgan fingerprint density at radius 3 is 2.67 bits per heavy atom. The van der Waals surface area contributed by atoms with Crippen LogP contribution in [0.5, 0.6) is 0 Å². The van der Waals surface area contributed by atoms with Gasteiger partial charge in [-0.25, -0.2) is 0 Å². The number of hydrogen-bond donors (Lipinski definition) is 2. The fraction of sp³-hybridized carbons (Fsp3) is 0.909. The van der Waals surface area contributed by atoms with Gasteiger partial charge in [0.25, 0.3) is 0 Å². The Balaban J connectivity index is 2.31. The zero-order valence-corrected chi connectivity index (χ0v) is 9.55. The monoisotopic (exact) mass is 214 g/mol. The average molecular weight is 214 g/mol. The quantitative estimate of drug-likeness (QED) is 0.638. The minimum Gasteiger partial charge on any atom is -0.385 e. The first-order chi connectivity index (χ1) is 7.25. The van der Waals surface area contributed by atoms with Crippen molar-refractivity contribution in [1.29, 1.82) is 0 Å². The second kappa shape index (κ2) is 6.08. The fourth-order valence-corrected chi connectivity index (χ4v) is 2.18. The molecule has 4 nitrogen and oxygen atoms in total. The third kappa shape index (κ3) is 3.18. The molecule has 1 aliphatic carbocycles. The van der Waals surface area contributed by atoms with Crippen LogP contribution in [-0.2, 0) is 9.53 Å². The molecule has 0 aromatic rings. The van der Waals surface area contributed by atoms with Crippen molar-refractivity contribution in [3.63, 3.8) is 0 Å². The van der Waals surface area contributed by atoms with Gasteiger partial charge in [-0.1, -0.05) is 12.8 Å². The van der Waals surface area contributed by atoms with Crippen molar-refractivity contribution in [3.05, 3.63) is 0 Å².